The molecule has 0 fully saturated rings. The lowest BCUT2D eigenvalue weighted by molar-refractivity contribution is -0.147. The second kappa shape index (κ2) is 6.02. The lowest BCUT2D eigenvalue weighted by Gasteiger charge is -2.09. The topological polar surface area (TPSA) is 63.6 Å². The van der Waals surface area contributed by atoms with Crippen LogP contribution in [-0.4, -0.2) is 23.5 Å². The molecule has 4 heteroatoms. The zero-order valence-corrected chi connectivity index (χ0v) is 9.05. The molecule has 0 aliphatic carbocycles. The fourth-order valence-electron chi connectivity index (χ4n) is 1.27. The van der Waals surface area contributed by atoms with E-state index in [4.69, 9.17) is 0 Å². The van der Waals surface area contributed by atoms with Gasteiger partial charge in [-0.25, -0.2) is 0 Å². The number of hydrogen-bond donors (Lipinski definition) is 1. The Hall–Kier alpha value is -1.68. The number of rotatable bonds is 5. The summed E-state index contributed by atoms with van der Waals surface area (Å²) in [7, 11) is 0. The molecule has 0 aliphatic heterocycles. The molecule has 1 unspecified atom stereocenters. The molecule has 0 radical (unpaired) electrons. The van der Waals surface area contributed by atoms with Crippen molar-refractivity contribution in [2.75, 3.05) is 6.61 Å². The predicted octanol–water partition coefficient (Wildman–Crippen LogP) is 1.24. The normalized spacial score (nSPS) is 11.9. The van der Waals surface area contributed by atoms with Gasteiger partial charge in [-0.3, -0.25) is 9.59 Å². The molecule has 0 heterocycles. The van der Waals surface area contributed by atoms with Gasteiger partial charge in [-0.15, -0.1) is 0 Å². The summed E-state index contributed by atoms with van der Waals surface area (Å²) in [5.41, 5.74) is 0.483. The number of esters is 1. The highest BCUT2D eigenvalue weighted by molar-refractivity contribution is 5.98. The molecule has 0 aliphatic rings. The SMILES string of the molecule is CCOC(=O)CC(=O)C(O)c1ccccc1. The highest BCUT2D eigenvalue weighted by Gasteiger charge is 2.20. The largest absolute Gasteiger partial charge is 0.466 e. The van der Waals surface area contributed by atoms with E-state index in [0.717, 1.165) is 0 Å². The van der Waals surface area contributed by atoms with E-state index in [1.807, 2.05) is 0 Å². The quantitative estimate of drug-likeness (QED) is 0.601. The van der Waals surface area contributed by atoms with Crippen LogP contribution in [0.3, 0.4) is 0 Å². The van der Waals surface area contributed by atoms with E-state index in [1.165, 1.54) is 0 Å². The fourth-order valence-corrected chi connectivity index (χ4v) is 1.27. The molecule has 1 aromatic carbocycles. The first-order valence-electron chi connectivity index (χ1n) is 5.06. The fraction of sp³-hybridized carbons (Fsp3) is 0.333. The second-order valence-corrected chi connectivity index (χ2v) is 3.26. The van der Waals surface area contributed by atoms with Crippen LogP contribution in [0.1, 0.15) is 25.0 Å². The van der Waals surface area contributed by atoms with Crippen LogP contribution in [0.5, 0.6) is 0 Å². The van der Waals surface area contributed by atoms with E-state index in [9.17, 15) is 14.7 Å². The summed E-state index contributed by atoms with van der Waals surface area (Å²) in [6.45, 7) is 1.89. The Balaban J connectivity index is 2.58. The van der Waals surface area contributed by atoms with E-state index >= 15 is 0 Å². The van der Waals surface area contributed by atoms with Crippen LogP contribution in [0.25, 0.3) is 0 Å². The molecule has 1 N–H and O–H groups in total. The number of Topliss-reactive ketones (excluding diaryl/α,β-unsaturated/α-hetero) is 1. The maximum atomic E-state index is 11.5. The van der Waals surface area contributed by atoms with Crippen LogP contribution in [0, 0.1) is 0 Å². The third kappa shape index (κ3) is 3.47. The summed E-state index contributed by atoms with van der Waals surface area (Å²) in [5, 5.41) is 9.65. The number of benzene rings is 1. The summed E-state index contributed by atoms with van der Waals surface area (Å²) in [4.78, 5) is 22.5. The Morgan fingerprint density at radius 3 is 2.50 bits per heavy atom. The van der Waals surface area contributed by atoms with Gasteiger partial charge in [0.05, 0.1) is 6.61 Å². The maximum absolute atomic E-state index is 11.5. The molecule has 0 saturated heterocycles. The molecular weight excluding hydrogens is 208 g/mol. The maximum Gasteiger partial charge on any atom is 0.313 e. The van der Waals surface area contributed by atoms with Crippen LogP contribution in [-0.2, 0) is 14.3 Å². The van der Waals surface area contributed by atoms with Gasteiger partial charge < -0.3 is 9.84 Å². The van der Waals surface area contributed by atoms with Crippen molar-refractivity contribution in [1.29, 1.82) is 0 Å². The monoisotopic (exact) mass is 222 g/mol. The van der Waals surface area contributed by atoms with Gasteiger partial charge in [-0.2, -0.15) is 0 Å². The summed E-state index contributed by atoms with van der Waals surface area (Å²) in [6.07, 6.45) is -1.66. The van der Waals surface area contributed by atoms with Crippen molar-refractivity contribution in [3.05, 3.63) is 35.9 Å². The molecule has 0 aromatic heterocycles. The average Bonchev–Trinajstić information content (AvgIpc) is 2.29. The molecule has 1 atom stereocenters. The third-order valence-corrected chi connectivity index (χ3v) is 2.04. The van der Waals surface area contributed by atoms with E-state index in [-0.39, 0.29) is 6.61 Å². The summed E-state index contributed by atoms with van der Waals surface area (Å²) in [5.74, 6) is -1.16. The molecule has 86 valence electrons. The minimum atomic E-state index is -1.26. The zero-order valence-electron chi connectivity index (χ0n) is 9.05. The lowest BCUT2D eigenvalue weighted by atomic mass is 10.0. The van der Waals surface area contributed by atoms with Crippen molar-refractivity contribution in [1.82, 2.24) is 0 Å². The smallest absolute Gasteiger partial charge is 0.313 e. The number of carbonyl (C=O) groups excluding carboxylic acids is 2. The van der Waals surface area contributed by atoms with Gasteiger partial charge in [0.25, 0.3) is 0 Å². The molecule has 16 heavy (non-hydrogen) atoms. The molecular formula is C12H14O4. The van der Waals surface area contributed by atoms with Gasteiger partial charge in [0, 0.05) is 0 Å². The second-order valence-electron chi connectivity index (χ2n) is 3.26. The third-order valence-electron chi connectivity index (χ3n) is 2.04. The Morgan fingerprint density at radius 1 is 1.31 bits per heavy atom. The Bertz CT molecular complexity index is 359. The molecule has 0 saturated carbocycles. The Morgan fingerprint density at radius 2 is 1.94 bits per heavy atom. The van der Waals surface area contributed by atoms with E-state index < -0.39 is 24.3 Å². The standard InChI is InChI=1S/C12H14O4/c1-2-16-11(14)8-10(13)12(15)9-6-4-3-5-7-9/h3-7,12,15H,2,8H2,1H3. The van der Waals surface area contributed by atoms with Gasteiger partial charge in [0.15, 0.2) is 5.78 Å². The first kappa shape index (κ1) is 12.4. The number of aliphatic hydroxyl groups excluding tert-OH is 1. The Labute approximate surface area is 93.9 Å². The molecule has 4 nitrogen and oxygen atoms in total. The molecule has 1 rings (SSSR count). The lowest BCUT2D eigenvalue weighted by Crippen LogP contribution is -2.17. The van der Waals surface area contributed by atoms with Gasteiger partial charge in [-0.1, -0.05) is 30.3 Å². The van der Waals surface area contributed by atoms with E-state index in [0.29, 0.717) is 5.56 Å². The van der Waals surface area contributed by atoms with Gasteiger partial charge >= 0.3 is 5.97 Å². The minimum Gasteiger partial charge on any atom is -0.466 e. The number of aliphatic hydroxyl groups is 1. The van der Waals surface area contributed by atoms with Crippen LogP contribution in [0.2, 0.25) is 0 Å². The van der Waals surface area contributed by atoms with Gasteiger partial charge in [0.1, 0.15) is 12.5 Å². The first-order valence-corrected chi connectivity index (χ1v) is 5.06. The molecule has 0 spiro atoms. The number of carbonyl (C=O) groups is 2. The summed E-state index contributed by atoms with van der Waals surface area (Å²) >= 11 is 0. The van der Waals surface area contributed by atoms with Crippen LogP contribution < -0.4 is 0 Å². The summed E-state index contributed by atoms with van der Waals surface area (Å²) in [6, 6.07) is 8.49. The molecule has 1 aromatic rings. The molecule has 0 amide bonds. The van der Waals surface area contributed by atoms with Crippen molar-refractivity contribution < 1.29 is 19.4 Å². The van der Waals surface area contributed by atoms with Crippen LogP contribution in [0.15, 0.2) is 30.3 Å². The van der Waals surface area contributed by atoms with Crippen molar-refractivity contribution in [2.45, 2.75) is 19.4 Å². The first-order chi connectivity index (χ1) is 7.65. The van der Waals surface area contributed by atoms with E-state index in [2.05, 4.69) is 4.74 Å². The van der Waals surface area contributed by atoms with Gasteiger partial charge in [-0.05, 0) is 12.5 Å². The van der Waals surface area contributed by atoms with Gasteiger partial charge in [0.2, 0.25) is 0 Å². The average molecular weight is 222 g/mol. The number of ketones is 1. The van der Waals surface area contributed by atoms with Crippen molar-refractivity contribution >= 4 is 11.8 Å². The minimum absolute atomic E-state index is 0.230. The predicted molar refractivity (Wildman–Crippen MR) is 57.7 cm³/mol. The van der Waals surface area contributed by atoms with Crippen LogP contribution >= 0.6 is 0 Å². The highest BCUT2D eigenvalue weighted by Crippen LogP contribution is 2.14. The van der Waals surface area contributed by atoms with E-state index in [1.54, 1.807) is 37.3 Å². The number of hydrogen-bond acceptors (Lipinski definition) is 4. The summed E-state index contributed by atoms with van der Waals surface area (Å²) < 4.78 is 4.63. The van der Waals surface area contributed by atoms with Crippen molar-refractivity contribution in [3.8, 4) is 0 Å². The highest BCUT2D eigenvalue weighted by atomic mass is 16.5. The number of ether oxygens (including phenoxy) is 1. The Kier molecular flexibility index (Phi) is 4.66. The van der Waals surface area contributed by atoms with Crippen molar-refractivity contribution in [3.63, 3.8) is 0 Å². The van der Waals surface area contributed by atoms with Crippen molar-refractivity contribution in [2.24, 2.45) is 0 Å². The molecule has 0 bridgehead atoms. The zero-order chi connectivity index (χ0) is 12.0. The van der Waals surface area contributed by atoms with Crippen LogP contribution in [0.4, 0.5) is 0 Å².